The Hall–Kier alpha value is -3.00. The van der Waals surface area contributed by atoms with Gasteiger partial charge in [-0.25, -0.2) is 13.6 Å². The molecule has 0 aromatic heterocycles. The smallest absolute Gasteiger partial charge is 0.338 e. The lowest BCUT2D eigenvalue weighted by Gasteiger charge is -2.18. The Balaban J connectivity index is 1.63. The summed E-state index contributed by atoms with van der Waals surface area (Å²) in [6.07, 6.45) is 1.11. The maximum Gasteiger partial charge on any atom is 0.338 e. The van der Waals surface area contributed by atoms with Crippen molar-refractivity contribution in [2.24, 2.45) is 0 Å². The molecule has 0 aliphatic carbocycles. The number of carbonyl (C=O) groups excluding carboxylic acids is 3. The van der Waals surface area contributed by atoms with E-state index < -0.39 is 30.1 Å². The fourth-order valence-corrected chi connectivity index (χ4v) is 2.96. The van der Waals surface area contributed by atoms with Crippen LogP contribution in [0.15, 0.2) is 36.4 Å². The Morgan fingerprint density at radius 2 is 1.96 bits per heavy atom. The van der Waals surface area contributed by atoms with Crippen LogP contribution >= 0.6 is 11.6 Å². The highest BCUT2D eigenvalue weighted by Crippen LogP contribution is 2.30. The van der Waals surface area contributed by atoms with Crippen LogP contribution in [0.1, 0.15) is 23.2 Å². The Bertz CT molecular complexity index is 952. The number of nitrogens with one attached hydrogen (secondary N) is 1. The summed E-state index contributed by atoms with van der Waals surface area (Å²) >= 11 is 6.12. The van der Waals surface area contributed by atoms with Crippen LogP contribution in [0, 0.1) is 11.6 Å². The molecule has 0 unspecified atom stereocenters. The van der Waals surface area contributed by atoms with Gasteiger partial charge in [-0.2, -0.15) is 0 Å². The van der Waals surface area contributed by atoms with Crippen molar-refractivity contribution in [2.45, 2.75) is 12.8 Å². The quantitative estimate of drug-likeness (QED) is 0.768. The normalized spacial score (nSPS) is 13.5. The van der Waals surface area contributed by atoms with Crippen LogP contribution in [0.25, 0.3) is 0 Å². The minimum atomic E-state index is -0.947. The van der Waals surface area contributed by atoms with Gasteiger partial charge in [0.2, 0.25) is 5.91 Å². The molecule has 1 aliphatic rings. The average molecular weight is 409 g/mol. The van der Waals surface area contributed by atoms with E-state index in [0.29, 0.717) is 36.2 Å². The number of halogens is 3. The predicted octanol–water partition coefficient (Wildman–Crippen LogP) is 3.54. The SMILES string of the molecule is O=C(COC(=O)c1ccc(Cl)c(N2CCCC2=O)c1)Nc1ccc(F)cc1F. The van der Waals surface area contributed by atoms with Gasteiger partial charge in [0, 0.05) is 19.0 Å². The maximum absolute atomic E-state index is 13.5. The van der Waals surface area contributed by atoms with Crippen LogP contribution in [-0.4, -0.2) is 30.9 Å². The van der Waals surface area contributed by atoms with E-state index in [1.165, 1.54) is 23.1 Å². The minimum Gasteiger partial charge on any atom is -0.452 e. The van der Waals surface area contributed by atoms with E-state index in [1.807, 2.05) is 0 Å². The zero-order chi connectivity index (χ0) is 20.3. The monoisotopic (exact) mass is 408 g/mol. The van der Waals surface area contributed by atoms with Crippen molar-refractivity contribution in [3.8, 4) is 0 Å². The second kappa shape index (κ2) is 8.35. The molecule has 146 valence electrons. The lowest BCUT2D eigenvalue weighted by atomic mass is 10.2. The molecular weight excluding hydrogens is 394 g/mol. The number of benzene rings is 2. The number of nitrogens with zero attached hydrogens (tertiary/aromatic N) is 1. The first-order valence-electron chi connectivity index (χ1n) is 8.37. The molecule has 2 aromatic rings. The Labute approximate surface area is 164 Å². The second-order valence-corrected chi connectivity index (χ2v) is 6.47. The lowest BCUT2D eigenvalue weighted by molar-refractivity contribution is -0.119. The molecule has 3 rings (SSSR count). The van der Waals surface area contributed by atoms with E-state index in [9.17, 15) is 23.2 Å². The van der Waals surface area contributed by atoms with Crippen LogP contribution in [0.4, 0.5) is 20.2 Å². The van der Waals surface area contributed by atoms with Crippen LogP contribution in [0.2, 0.25) is 5.02 Å². The highest BCUT2D eigenvalue weighted by Gasteiger charge is 2.25. The van der Waals surface area contributed by atoms with E-state index in [4.69, 9.17) is 16.3 Å². The summed E-state index contributed by atoms with van der Waals surface area (Å²) in [6, 6.07) is 6.96. The van der Waals surface area contributed by atoms with Crippen LogP contribution < -0.4 is 10.2 Å². The highest BCUT2D eigenvalue weighted by atomic mass is 35.5. The van der Waals surface area contributed by atoms with Gasteiger partial charge in [0.05, 0.1) is 22.0 Å². The topological polar surface area (TPSA) is 75.7 Å². The molecule has 9 heteroatoms. The third-order valence-electron chi connectivity index (χ3n) is 4.09. The molecule has 1 fully saturated rings. The number of esters is 1. The molecule has 1 heterocycles. The summed E-state index contributed by atoms with van der Waals surface area (Å²) in [5.74, 6) is -3.41. The average Bonchev–Trinajstić information content (AvgIpc) is 3.08. The van der Waals surface area contributed by atoms with Gasteiger partial charge < -0.3 is 15.0 Å². The molecule has 28 heavy (non-hydrogen) atoms. The summed E-state index contributed by atoms with van der Waals surface area (Å²) in [7, 11) is 0. The summed E-state index contributed by atoms with van der Waals surface area (Å²) in [6.45, 7) is -0.168. The van der Waals surface area contributed by atoms with E-state index in [-0.39, 0.29) is 17.2 Å². The number of anilines is 2. The number of ether oxygens (including phenoxy) is 1. The van der Waals surface area contributed by atoms with Gasteiger partial charge in [-0.3, -0.25) is 9.59 Å². The third kappa shape index (κ3) is 4.45. The molecule has 0 atom stereocenters. The van der Waals surface area contributed by atoms with Crippen LogP contribution in [-0.2, 0) is 14.3 Å². The van der Waals surface area contributed by atoms with Gasteiger partial charge in [0.25, 0.3) is 5.91 Å². The minimum absolute atomic E-state index is 0.0897. The van der Waals surface area contributed by atoms with E-state index in [0.717, 1.165) is 12.1 Å². The first-order chi connectivity index (χ1) is 13.3. The Morgan fingerprint density at radius 1 is 1.18 bits per heavy atom. The molecule has 1 saturated heterocycles. The largest absolute Gasteiger partial charge is 0.452 e. The van der Waals surface area contributed by atoms with Crippen molar-refractivity contribution in [2.75, 3.05) is 23.4 Å². The van der Waals surface area contributed by atoms with Gasteiger partial charge >= 0.3 is 5.97 Å². The van der Waals surface area contributed by atoms with Crippen molar-refractivity contribution < 1.29 is 27.9 Å². The van der Waals surface area contributed by atoms with Crippen molar-refractivity contribution in [1.29, 1.82) is 0 Å². The van der Waals surface area contributed by atoms with E-state index >= 15 is 0 Å². The van der Waals surface area contributed by atoms with Gasteiger partial charge in [-0.1, -0.05) is 11.6 Å². The summed E-state index contributed by atoms with van der Waals surface area (Å²) in [5, 5.41) is 2.50. The molecule has 1 aliphatic heterocycles. The molecule has 0 radical (unpaired) electrons. The van der Waals surface area contributed by atoms with Gasteiger partial charge in [-0.05, 0) is 36.8 Å². The molecule has 1 N–H and O–H groups in total. The number of hydrogen-bond acceptors (Lipinski definition) is 4. The third-order valence-corrected chi connectivity index (χ3v) is 4.41. The predicted molar refractivity (Wildman–Crippen MR) is 98.3 cm³/mol. The van der Waals surface area contributed by atoms with Crippen molar-refractivity contribution in [3.63, 3.8) is 0 Å². The van der Waals surface area contributed by atoms with Crippen molar-refractivity contribution in [3.05, 3.63) is 58.6 Å². The number of hydrogen-bond donors (Lipinski definition) is 1. The first-order valence-corrected chi connectivity index (χ1v) is 8.75. The standard InChI is InChI=1S/C19H15ClF2N2O4/c20-13-5-3-11(8-16(13)24-7-1-2-18(24)26)19(27)28-10-17(25)23-15-6-4-12(21)9-14(15)22/h3-6,8-9H,1-2,7,10H2,(H,23,25). The van der Waals surface area contributed by atoms with E-state index in [2.05, 4.69) is 5.32 Å². The summed E-state index contributed by atoms with van der Waals surface area (Å²) < 4.78 is 31.3. The van der Waals surface area contributed by atoms with Crippen LogP contribution in [0.5, 0.6) is 0 Å². The zero-order valence-corrected chi connectivity index (χ0v) is 15.3. The molecule has 0 spiro atoms. The molecule has 0 saturated carbocycles. The lowest BCUT2D eigenvalue weighted by Crippen LogP contribution is -2.25. The van der Waals surface area contributed by atoms with Crippen molar-refractivity contribution >= 4 is 40.8 Å². The molecule has 0 bridgehead atoms. The Morgan fingerprint density at radius 3 is 2.64 bits per heavy atom. The van der Waals surface area contributed by atoms with Crippen molar-refractivity contribution in [1.82, 2.24) is 0 Å². The van der Waals surface area contributed by atoms with Crippen LogP contribution in [0.3, 0.4) is 0 Å². The van der Waals surface area contributed by atoms with E-state index in [1.54, 1.807) is 0 Å². The Kier molecular flexibility index (Phi) is 5.89. The summed E-state index contributed by atoms with van der Waals surface area (Å²) in [4.78, 5) is 37.4. The highest BCUT2D eigenvalue weighted by molar-refractivity contribution is 6.34. The zero-order valence-electron chi connectivity index (χ0n) is 14.5. The van der Waals surface area contributed by atoms with Gasteiger partial charge in [0.1, 0.15) is 11.6 Å². The number of amides is 2. The maximum atomic E-state index is 13.5. The number of carbonyl (C=O) groups is 3. The molecule has 2 amide bonds. The second-order valence-electron chi connectivity index (χ2n) is 6.06. The summed E-state index contributed by atoms with van der Waals surface area (Å²) in [5.41, 5.74) is 0.278. The van der Waals surface area contributed by atoms with Gasteiger partial charge in [0.15, 0.2) is 6.61 Å². The molecular formula is C19H15ClF2N2O4. The molecule has 6 nitrogen and oxygen atoms in total. The fourth-order valence-electron chi connectivity index (χ4n) is 2.74. The molecule has 2 aromatic carbocycles. The van der Waals surface area contributed by atoms with Gasteiger partial charge in [-0.15, -0.1) is 0 Å². The fraction of sp³-hybridized carbons (Fsp3) is 0.211. The number of rotatable bonds is 5. The first kappa shape index (κ1) is 19.8.